The van der Waals surface area contributed by atoms with Crippen molar-refractivity contribution in [1.82, 2.24) is 10.2 Å². The van der Waals surface area contributed by atoms with Gasteiger partial charge in [-0.15, -0.1) is 0 Å². The Morgan fingerprint density at radius 1 is 1.04 bits per heavy atom. The molecule has 27 heavy (non-hydrogen) atoms. The van der Waals surface area contributed by atoms with Crippen LogP contribution < -0.4 is 15.4 Å². The van der Waals surface area contributed by atoms with Crippen molar-refractivity contribution in [3.05, 3.63) is 60.2 Å². The van der Waals surface area contributed by atoms with Crippen LogP contribution >= 0.6 is 0 Å². The van der Waals surface area contributed by atoms with Crippen LogP contribution in [0, 0.1) is 0 Å². The smallest absolute Gasteiger partial charge is 0.251 e. The third-order valence-corrected chi connectivity index (χ3v) is 3.99. The Kier molecular flexibility index (Phi) is 6.93. The van der Waals surface area contributed by atoms with Gasteiger partial charge >= 0.3 is 0 Å². The van der Waals surface area contributed by atoms with Crippen molar-refractivity contribution in [2.45, 2.75) is 13.0 Å². The highest BCUT2D eigenvalue weighted by Gasteiger charge is 2.28. The summed E-state index contributed by atoms with van der Waals surface area (Å²) >= 11 is 0. The Balaban J connectivity index is 2.22. The van der Waals surface area contributed by atoms with Crippen LogP contribution in [0.5, 0.6) is 5.75 Å². The molecule has 7 nitrogen and oxygen atoms in total. The fourth-order valence-electron chi connectivity index (χ4n) is 2.54. The topological polar surface area (TPSA) is 87.7 Å². The molecular weight excluding hydrogens is 346 g/mol. The monoisotopic (exact) mass is 369 g/mol. The normalized spacial score (nSPS) is 11.2. The maximum Gasteiger partial charge on any atom is 0.251 e. The van der Waals surface area contributed by atoms with Gasteiger partial charge < -0.3 is 20.3 Å². The lowest BCUT2D eigenvalue weighted by molar-refractivity contribution is -0.137. The summed E-state index contributed by atoms with van der Waals surface area (Å²) in [5.74, 6) is -0.361. The Labute approximate surface area is 158 Å². The summed E-state index contributed by atoms with van der Waals surface area (Å²) in [5.41, 5.74) is 1.26. The molecule has 3 amide bonds. The molecule has 0 radical (unpaired) electrons. The van der Waals surface area contributed by atoms with Crippen LogP contribution in [-0.2, 0) is 14.4 Å². The number of hydrogen-bond acceptors (Lipinski definition) is 4. The second kappa shape index (κ2) is 9.38. The van der Waals surface area contributed by atoms with E-state index in [4.69, 9.17) is 4.74 Å². The first-order valence-electron chi connectivity index (χ1n) is 8.42. The van der Waals surface area contributed by atoms with Gasteiger partial charge in [-0.25, -0.2) is 0 Å². The first-order valence-corrected chi connectivity index (χ1v) is 8.42. The van der Waals surface area contributed by atoms with Crippen LogP contribution in [0.3, 0.4) is 0 Å². The first-order chi connectivity index (χ1) is 12.9. The zero-order valence-corrected chi connectivity index (χ0v) is 15.6. The summed E-state index contributed by atoms with van der Waals surface area (Å²) < 4.78 is 5.11. The van der Waals surface area contributed by atoms with E-state index in [0.717, 1.165) is 0 Å². The minimum atomic E-state index is -0.838. The molecule has 1 atom stereocenters. The number of carbonyl (C=O) groups excluding carboxylic acids is 3. The van der Waals surface area contributed by atoms with Gasteiger partial charge in [0.1, 0.15) is 11.8 Å². The Hall–Kier alpha value is -3.35. The van der Waals surface area contributed by atoms with E-state index in [1.165, 1.54) is 18.9 Å². The molecule has 0 unspecified atom stereocenters. The number of benzene rings is 2. The maximum absolute atomic E-state index is 12.9. The number of amides is 3. The number of rotatable bonds is 7. The standard InChI is InChI=1S/C20H23N3O4/c1-14(24)21-13-18(25)23(2)19(15-7-5-4-6-8-15)20(26)22-16-9-11-17(27-3)12-10-16/h4-12,19H,13H2,1-3H3,(H,21,24)(H,22,26)/t19-/m0/s1. The van der Waals surface area contributed by atoms with Gasteiger partial charge in [-0.05, 0) is 29.8 Å². The number of methoxy groups -OCH3 is 1. The molecule has 0 bridgehead atoms. The number of carbonyl (C=O) groups is 3. The molecule has 0 saturated carbocycles. The molecule has 2 aromatic carbocycles. The van der Waals surface area contributed by atoms with Crippen LogP contribution in [0.2, 0.25) is 0 Å². The molecular formula is C20H23N3O4. The molecule has 0 fully saturated rings. The molecule has 0 aliphatic carbocycles. The number of nitrogens with zero attached hydrogens (tertiary/aromatic N) is 1. The highest BCUT2D eigenvalue weighted by atomic mass is 16.5. The molecule has 0 aromatic heterocycles. The molecule has 142 valence electrons. The molecule has 0 aliphatic rings. The van der Waals surface area contributed by atoms with E-state index in [-0.39, 0.29) is 24.3 Å². The average molecular weight is 369 g/mol. The lowest BCUT2D eigenvalue weighted by atomic mass is 10.0. The van der Waals surface area contributed by atoms with Gasteiger partial charge in [-0.1, -0.05) is 30.3 Å². The molecule has 0 aliphatic heterocycles. The molecule has 2 aromatic rings. The largest absolute Gasteiger partial charge is 0.497 e. The van der Waals surface area contributed by atoms with Gasteiger partial charge in [0.2, 0.25) is 11.8 Å². The van der Waals surface area contributed by atoms with Crippen LogP contribution in [0.4, 0.5) is 5.69 Å². The summed E-state index contributed by atoms with van der Waals surface area (Å²) in [7, 11) is 3.10. The van der Waals surface area contributed by atoms with Gasteiger partial charge in [-0.3, -0.25) is 14.4 Å². The van der Waals surface area contributed by atoms with Crippen molar-refractivity contribution in [3.8, 4) is 5.75 Å². The number of ether oxygens (including phenoxy) is 1. The van der Waals surface area contributed by atoms with Crippen LogP contribution in [-0.4, -0.2) is 43.3 Å². The summed E-state index contributed by atoms with van der Waals surface area (Å²) in [5, 5.41) is 5.27. The lowest BCUT2D eigenvalue weighted by Crippen LogP contribution is -2.43. The Bertz CT molecular complexity index is 791. The van der Waals surface area contributed by atoms with Crippen LogP contribution in [0.15, 0.2) is 54.6 Å². The fraction of sp³-hybridized carbons (Fsp3) is 0.250. The van der Waals surface area contributed by atoms with Gasteiger partial charge in [0.25, 0.3) is 5.91 Å². The maximum atomic E-state index is 12.9. The number of anilines is 1. The predicted octanol–water partition coefficient (Wildman–Crippen LogP) is 1.97. The van der Waals surface area contributed by atoms with Crippen LogP contribution in [0.1, 0.15) is 18.5 Å². The third-order valence-electron chi connectivity index (χ3n) is 3.99. The lowest BCUT2D eigenvalue weighted by Gasteiger charge is -2.28. The van der Waals surface area contributed by atoms with E-state index in [9.17, 15) is 14.4 Å². The average Bonchev–Trinajstić information content (AvgIpc) is 2.67. The van der Waals surface area contributed by atoms with Gasteiger partial charge in [0.15, 0.2) is 0 Å². The van der Waals surface area contributed by atoms with Gasteiger partial charge in [0, 0.05) is 19.7 Å². The minimum absolute atomic E-state index is 0.176. The van der Waals surface area contributed by atoms with Crippen LogP contribution in [0.25, 0.3) is 0 Å². The van der Waals surface area contributed by atoms with Crippen molar-refractivity contribution < 1.29 is 19.1 Å². The van der Waals surface area contributed by atoms with E-state index in [1.54, 1.807) is 55.6 Å². The molecule has 0 spiro atoms. The minimum Gasteiger partial charge on any atom is -0.497 e. The third kappa shape index (κ3) is 5.57. The highest BCUT2D eigenvalue weighted by molar-refractivity contribution is 5.98. The summed E-state index contributed by atoms with van der Waals surface area (Å²) in [6.45, 7) is 1.16. The van der Waals surface area contributed by atoms with E-state index < -0.39 is 6.04 Å². The fourth-order valence-corrected chi connectivity index (χ4v) is 2.54. The van der Waals surface area contributed by atoms with Crippen molar-refractivity contribution in [2.75, 3.05) is 26.0 Å². The molecule has 7 heteroatoms. The summed E-state index contributed by atoms with van der Waals surface area (Å²) in [6, 6.07) is 15.1. The second-order valence-corrected chi connectivity index (χ2v) is 5.95. The zero-order valence-electron chi connectivity index (χ0n) is 15.6. The molecule has 2 N–H and O–H groups in total. The number of likely N-dealkylation sites (N-methyl/N-ethyl adjacent to an activating group) is 1. The van der Waals surface area contributed by atoms with Crippen molar-refractivity contribution in [3.63, 3.8) is 0 Å². The van der Waals surface area contributed by atoms with E-state index in [0.29, 0.717) is 17.0 Å². The number of nitrogens with one attached hydrogen (secondary N) is 2. The van der Waals surface area contributed by atoms with E-state index in [1.807, 2.05) is 6.07 Å². The van der Waals surface area contributed by atoms with Crippen molar-refractivity contribution in [2.24, 2.45) is 0 Å². The van der Waals surface area contributed by atoms with Crippen molar-refractivity contribution in [1.29, 1.82) is 0 Å². The summed E-state index contributed by atoms with van der Waals surface area (Å²) in [6.07, 6.45) is 0. The van der Waals surface area contributed by atoms with Gasteiger partial charge in [0.05, 0.1) is 13.7 Å². The highest BCUT2D eigenvalue weighted by Crippen LogP contribution is 2.23. The Morgan fingerprint density at radius 3 is 2.22 bits per heavy atom. The van der Waals surface area contributed by atoms with E-state index >= 15 is 0 Å². The predicted molar refractivity (Wildman–Crippen MR) is 102 cm³/mol. The molecule has 2 rings (SSSR count). The van der Waals surface area contributed by atoms with Crippen molar-refractivity contribution >= 4 is 23.4 Å². The van der Waals surface area contributed by atoms with E-state index in [2.05, 4.69) is 10.6 Å². The quantitative estimate of drug-likeness (QED) is 0.781. The second-order valence-electron chi connectivity index (χ2n) is 5.95. The van der Waals surface area contributed by atoms with Gasteiger partial charge in [-0.2, -0.15) is 0 Å². The Morgan fingerprint density at radius 2 is 1.67 bits per heavy atom. The molecule has 0 saturated heterocycles. The molecule has 0 heterocycles. The first kappa shape index (κ1) is 20.0. The zero-order chi connectivity index (χ0) is 19.8. The number of hydrogen-bond donors (Lipinski definition) is 2. The summed E-state index contributed by atoms with van der Waals surface area (Å²) in [4.78, 5) is 37.7. The SMILES string of the molecule is COc1ccc(NC(=O)[C@H](c2ccccc2)N(C)C(=O)CNC(C)=O)cc1.